The summed E-state index contributed by atoms with van der Waals surface area (Å²) in [6, 6.07) is 0.594. The van der Waals surface area contributed by atoms with Crippen LogP contribution in [-0.2, 0) is 4.79 Å². The van der Waals surface area contributed by atoms with Crippen molar-refractivity contribution < 1.29 is 4.79 Å². The predicted molar refractivity (Wildman–Crippen MR) is 56.7 cm³/mol. The Kier molecular flexibility index (Phi) is 4.48. The fourth-order valence-corrected chi connectivity index (χ4v) is 1.75. The van der Waals surface area contributed by atoms with Gasteiger partial charge in [0.1, 0.15) is 0 Å². The molecule has 0 bridgehead atoms. The zero-order chi connectivity index (χ0) is 10.4. The van der Waals surface area contributed by atoms with Gasteiger partial charge in [0, 0.05) is 31.5 Å². The Morgan fingerprint density at radius 3 is 3.29 bits per heavy atom. The highest BCUT2D eigenvalue weighted by molar-refractivity contribution is 5.76. The van der Waals surface area contributed by atoms with Crippen LogP contribution in [-0.4, -0.2) is 24.5 Å². The molecule has 1 aliphatic heterocycles. The molecule has 0 aromatic carbocycles. The Labute approximate surface area is 85.6 Å². The van der Waals surface area contributed by atoms with E-state index in [4.69, 9.17) is 6.42 Å². The van der Waals surface area contributed by atoms with E-state index in [-0.39, 0.29) is 5.91 Å². The van der Waals surface area contributed by atoms with Crippen molar-refractivity contribution in [3.63, 3.8) is 0 Å². The van der Waals surface area contributed by atoms with Crippen LogP contribution in [0.4, 0.5) is 0 Å². The van der Waals surface area contributed by atoms with Gasteiger partial charge in [-0.2, -0.15) is 0 Å². The number of amides is 1. The monoisotopic (exact) mass is 194 g/mol. The van der Waals surface area contributed by atoms with E-state index in [1.165, 1.54) is 0 Å². The molecule has 2 N–H and O–H groups in total. The van der Waals surface area contributed by atoms with Gasteiger partial charge in [0.15, 0.2) is 0 Å². The van der Waals surface area contributed by atoms with Crippen LogP contribution >= 0.6 is 0 Å². The Balaban J connectivity index is 2.35. The maximum atomic E-state index is 11.2. The molecule has 78 valence electrons. The summed E-state index contributed by atoms with van der Waals surface area (Å²) in [6.45, 7) is 2.86. The lowest BCUT2D eigenvalue weighted by atomic mass is 10.1. The van der Waals surface area contributed by atoms with Crippen LogP contribution in [0.1, 0.15) is 32.6 Å². The number of carbonyl (C=O) groups is 1. The van der Waals surface area contributed by atoms with Crippen molar-refractivity contribution in [2.45, 2.75) is 44.7 Å². The molecule has 1 fully saturated rings. The lowest BCUT2D eigenvalue weighted by Gasteiger charge is -2.19. The molecule has 1 aliphatic rings. The molecule has 0 aromatic rings. The van der Waals surface area contributed by atoms with Crippen LogP contribution < -0.4 is 10.6 Å². The molecule has 2 atom stereocenters. The molecule has 0 aromatic heterocycles. The van der Waals surface area contributed by atoms with Crippen molar-refractivity contribution in [1.29, 1.82) is 0 Å². The van der Waals surface area contributed by atoms with Crippen LogP contribution in [0.15, 0.2) is 0 Å². The maximum Gasteiger partial charge on any atom is 0.221 e. The third-order valence-corrected chi connectivity index (χ3v) is 2.43. The summed E-state index contributed by atoms with van der Waals surface area (Å²) in [7, 11) is 0. The van der Waals surface area contributed by atoms with E-state index in [0.29, 0.717) is 18.5 Å². The third kappa shape index (κ3) is 3.80. The first kappa shape index (κ1) is 11.1. The maximum absolute atomic E-state index is 11.2. The van der Waals surface area contributed by atoms with Gasteiger partial charge in [0.2, 0.25) is 5.91 Å². The van der Waals surface area contributed by atoms with Crippen molar-refractivity contribution in [2.75, 3.05) is 6.54 Å². The van der Waals surface area contributed by atoms with Crippen LogP contribution in [0, 0.1) is 12.3 Å². The molecule has 2 unspecified atom stereocenters. The van der Waals surface area contributed by atoms with Gasteiger partial charge in [-0.05, 0) is 19.8 Å². The normalized spacial score (nSPS) is 24.6. The highest BCUT2D eigenvalue weighted by atomic mass is 16.1. The van der Waals surface area contributed by atoms with Gasteiger partial charge in [-0.3, -0.25) is 4.79 Å². The van der Waals surface area contributed by atoms with Crippen LogP contribution in [0.2, 0.25) is 0 Å². The number of carbonyl (C=O) groups excluding carboxylic acids is 1. The third-order valence-electron chi connectivity index (χ3n) is 2.43. The van der Waals surface area contributed by atoms with E-state index in [1.54, 1.807) is 0 Å². The summed E-state index contributed by atoms with van der Waals surface area (Å²) in [5.74, 6) is 2.77. The van der Waals surface area contributed by atoms with E-state index < -0.39 is 0 Å². The van der Waals surface area contributed by atoms with Gasteiger partial charge < -0.3 is 10.6 Å². The second-order valence-corrected chi connectivity index (χ2v) is 3.87. The number of hydrogen-bond acceptors (Lipinski definition) is 2. The fourth-order valence-electron chi connectivity index (χ4n) is 1.75. The minimum Gasteiger partial charge on any atom is -0.356 e. The fraction of sp³-hybridized carbons (Fsp3) is 0.727. The lowest BCUT2D eigenvalue weighted by Crippen LogP contribution is -2.38. The molecule has 3 heteroatoms. The van der Waals surface area contributed by atoms with Crippen molar-refractivity contribution in [3.05, 3.63) is 0 Å². The van der Waals surface area contributed by atoms with Crippen LogP contribution in [0.25, 0.3) is 0 Å². The molecule has 1 heterocycles. The average Bonchev–Trinajstić information content (AvgIpc) is 2.30. The number of nitrogens with one attached hydrogen (secondary N) is 2. The molecule has 0 aliphatic carbocycles. The summed E-state index contributed by atoms with van der Waals surface area (Å²) < 4.78 is 0. The summed E-state index contributed by atoms with van der Waals surface area (Å²) in [6.07, 6.45) is 8.62. The van der Waals surface area contributed by atoms with E-state index in [9.17, 15) is 4.79 Å². The molecule has 1 amide bonds. The lowest BCUT2D eigenvalue weighted by molar-refractivity contribution is -0.121. The number of terminal acetylenes is 1. The predicted octanol–water partition coefficient (Wildman–Crippen LogP) is 0.656. The molecule has 14 heavy (non-hydrogen) atoms. The van der Waals surface area contributed by atoms with Crippen LogP contribution in [0.5, 0.6) is 0 Å². The minimum atomic E-state index is 0.146. The summed E-state index contributed by atoms with van der Waals surface area (Å²) in [5.41, 5.74) is 0. The van der Waals surface area contributed by atoms with Crippen molar-refractivity contribution in [2.24, 2.45) is 0 Å². The average molecular weight is 194 g/mol. The standard InChI is InChI=1S/C11H18N2O/c1-3-5-9(2)13-10-6-4-7-12-11(14)8-10/h1,9-10,13H,4-8H2,2H3,(H,12,14). The summed E-state index contributed by atoms with van der Waals surface area (Å²) in [4.78, 5) is 11.2. The first-order valence-corrected chi connectivity index (χ1v) is 5.18. The van der Waals surface area contributed by atoms with Gasteiger partial charge >= 0.3 is 0 Å². The highest BCUT2D eigenvalue weighted by Gasteiger charge is 2.18. The molecule has 1 saturated heterocycles. The van der Waals surface area contributed by atoms with Gasteiger partial charge in [0.25, 0.3) is 0 Å². The summed E-state index contributed by atoms with van der Waals surface area (Å²) in [5, 5.41) is 6.25. The van der Waals surface area contributed by atoms with Crippen molar-refractivity contribution in [3.8, 4) is 12.3 Å². The molecule has 0 radical (unpaired) electrons. The molecular weight excluding hydrogens is 176 g/mol. The summed E-state index contributed by atoms with van der Waals surface area (Å²) >= 11 is 0. The van der Waals surface area contributed by atoms with E-state index in [0.717, 1.165) is 25.8 Å². The number of hydrogen-bond donors (Lipinski definition) is 2. The quantitative estimate of drug-likeness (QED) is 0.648. The van der Waals surface area contributed by atoms with E-state index >= 15 is 0 Å². The Hall–Kier alpha value is -1.01. The second-order valence-electron chi connectivity index (χ2n) is 3.87. The Bertz CT molecular complexity index is 232. The topological polar surface area (TPSA) is 41.1 Å². The van der Waals surface area contributed by atoms with Crippen molar-refractivity contribution >= 4 is 5.91 Å². The van der Waals surface area contributed by atoms with E-state index in [2.05, 4.69) is 23.5 Å². The zero-order valence-corrected chi connectivity index (χ0v) is 8.68. The Morgan fingerprint density at radius 2 is 2.57 bits per heavy atom. The SMILES string of the molecule is C#CCC(C)NC1CCCNC(=O)C1. The minimum absolute atomic E-state index is 0.146. The number of rotatable bonds is 3. The van der Waals surface area contributed by atoms with E-state index in [1.807, 2.05) is 0 Å². The van der Waals surface area contributed by atoms with Gasteiger partial charge in [0.05, 0.1) is 0 Å². The Morgan fingerprint density at radius 1 is 1.79 bits per heavy atom. The van der Waals surface area contributed by atoms with Gasteiger partial charge in [-0.15, -0.1) is 12.3 Å². The van der Waals surface area contributed by atoms with Gasteiger partial charge in [-0.25, -0.2) is 0 Å². The highest BCUT2D eigenvalue weighted by Crippen LogP contribution is 2.07. The second kappa shape index (κ2) is 5.66. The largest absolute Gasteiger partial charge is 0.356 e. The molecule has 0 saturated carbocycles. The van der Waals surface area contributed by atoms with Gasteiger partial charge in [-0.1, -0.05) is 0 Å². The van der Waals surface area contributed by atoms with Crippen molar-refractivity contribution in [1.82, 2.24) is 10.6 Å². The zero-order valence-electron chi connectivity index (χ0n) is 8.68. The van der Waals surface area contributed by atoms with Crippen LogP contribution in [0.3, 0.4) is 0 Å². The molecular formula is C11H18N2O. The molecule has 0 spiro atoms. The first-order valence-electron chi connectivity index (χ1n) is 5.18. The molecule has 3 nitrogen and oxygen atoms in total. The first-order chi connectivity index (χ1) is 6.72. The smallest absolute Gasteiger partial charge is 0.221 e. The molecule has 1 rings (SSSR count).